The van der Waals surface area contributed by atoms with Crippen LogP contribution in [-0.2, 0) is 25.2 Å². The number of Topliss-reactive ketones (excluding diaryl/α,β-unsaturated/α-hetero) is 1. The zero-order valence-corrected chi connectivity index (χ0v) is 21.8. The smallest absolute Gasteiger partial charge is 0.244 e. The monoisotopic (exact) mass is 531 g/mol. The van der Waals surface area contributed by atoms with Crippen LogP contribution in [0.4, 0.5) is 11.8 Å². The van der Waals surface area contributed by atoms with Crippen LogP contribution in [0.5, 0.6) is 0 Å². The van der Waals surface area contributed by atoms with Crippen molar-refractivity contribution in [3.63, 3.8) is 0 Å². The Morgan fingerprint density at radius 1 is 1.08 bits per heavy atom. The molecule has 3 N–H and O–H groups in total. The minimum atomic E-state index is -3.79. The number of hydrogen-bond donors (Lipinski definition) is 2. The molecule has 2 aromatic heterocycles. The van der Waals surface area contributed by atoms with E-state index < -0.39 is 15.6 Å². The van der Waals surface area contributed by atoms with E-state index in [1.165, 1.54) is 22.6 Å². The average Bonchev–Trinajstić information content (AvgIpc) is 2.84. The number of fused-ring (bicyclic) bond motifs is 2. The van der Waals surface area contributed by atoms with Crippen LogP contribution in [0.15, 0.2) is 35.6 Å². The van der Waals surface area contributed by atoms with Gasteiger partial charge in [0.05, 0.1) is 24.9 Å². The average molecular weight is 532 g/mol. The first-order valence-corrected chi connectivity index (χ1v) is 13.8. The number of nitrogen functional groups attached to an aromatic ring is 1. The summed E-state index contributed by atoms with van der Waals surface area (Å²) in [5, 5.41) is 10.3. The summed E-state index contributed by atoms with van der Waals surface area (Å²) in [6.45, 7) is 5.67. The molecular formula is C24H33N7O5S. The third-order valence-electron chi connectivity index (χ3n) is 7.35. The lowest BCUT2D eigenvalue weighted by atomic mass is 9.92. The molecule has 5 rings (SSSR count). The summed E-state index contributed by atoms with van der Waals surface area (Å²) >= 11 is 0. The standard InChI is InChI=1S/C24H33N7O5S/c1-24(2,33)16-9-27-23(28-10-16)30-6-5-29(37(34,35)21-3-4-22(25)26-11-21)12-19(30)13-31-17-7-20(32)8-18(31)15-36-14-17/h3-4,9-11,17-19,33H,5-8,12-15H2,1-2H3,(H2,25,26)/t17?,18?,19-/m1/s1. The normalized spacial score (nSPS) is 25.9. The second-order valence-electron chi connectivity index (χ2n) is 10.4. The van der Waals surface area contributed by atoms with Gasteiger partial charge >= 0.3 is 0 Å². The molecule has 37 heavy (non-hydrogen) atoms. The van der Waals surface area contributed by atoms with Crippen molar-refractivity contribution < 1.29 is 23.1 Å². The van der Waals surface area contributed by atoms with Gasteiger partial charge in [0, 0.05) is 75.3 Å². The molecule has 200 valence electrons. The third-order valence-corrected chi connectivity index (χ3v) is 9.20. The van der Waals surface area contributed by atoms with Crippen LogP contribution in [0.2, 0.25) is 0 Å². The maximum atomic E-state index is 13.5. The van der Waals surface area contributed by atoms with Gasteiger partial charge in [-0.15, -0.1) is 0 Å². The quantitative estimate of drug-likeness (QED) is 0.517. The molecule has 3 fully saturated rings. The maximum absolute atomic E-state index is 13.5. The van der Waals surface area contributed by atoms with E-state index >= 15 is 0 Å². The van der Waals surface area contributed by atoms with Crippen LogP contribution in [0.3, 0.4) is 0 Å². The fourth-order valence-corrected chi connectivity index (χ4v) is 6.69. The number of carbonyl (C=O) groups excluding carboxylic acids is 1. The number of ketones is 1. The molecule has 3 atom stereocenters. The summed E-state index contributed by atoms with van der Waals surface area (Å²) in [5.74, 6) is 0.959. The number of sulfonamides is 1. The maximum Gasteiger partial charge on any atom is 0.244 e. The number of rotatable bonds is 6. The van der Waals surface area contributed by atoms with Gasteiger partial charge in [0.15, 0.2) is 0 Å². The highest BCUT2D eigenvalue weighted by Gasteiger charge is 2.43. The first-order chi connectivity index (χ1) is 17.5. The molecule has 13 heteroatoms. The van der Waals surface area contributed by atoms with Gasteiger partial charge in [-0.3, -0.25) is 9.69 Å². The Hall–Kier alpha value is -2.71. The van der Waals surface area contributed by atoms with E-state index in [-0.39, 0.29) is 47.7 Å². The van der Waals surface area contributed by atoms with Crippen molar-refractivity contribution in [1.29, 1.82) is 0 Å². The number of aromatic nitrogens is 3. The Kier molecular flexibility index (Phi) is 6.92. The van der Waals surface area contributed by atoms with E-state index in [0.717, 1.165) is 0 Å². The summed E-state index contributed by atoms with van der Waals surface area (Å²) in [7, 11) is -3.79. The summed E-state index contributed by atoms with van der Waals surface area (Å²) in [5.41, 5.74) is 5.17. The van der Waals surface area contributed by atoms with Crippen molar-refractivity contribution in [2.24, 2.45) is 0 Å². The highest BCUT2D eigenvalue weighted by molar-refractivity contribution is 7.89. The molecular weight excluding hydrogens is 498 g/mol. The van der Waals surface area contributed by atoms with E-state index in [2.05, 4.69) is 19.9 Å². The molecule has 2 unspecified atom stereocenters. The SMILES string of the molecule is CC(C)(O)c1cnc(N2CCN(S(=O)(=O)c3ccc(N)nc3)C[C@@H]2CN2C3COCC2CC(=O)C3)nc1. The number of morpholine rings is 1. The largest absolute Gasteiger partial charge is 0.386 e. The summed E-state index contributed by atoms with van der Waals surface area (Å²) in [4.78, 5) is 29.6. The number of nitrogens with zero attached hydrogens (tertiary/aromatic N) is 6. The van der Waals surface area contributed by atoms with E-state index in [4.69, 9.17) is 10.5 Å². The van der Waals surface area contributed by atoms with Crippen LogP contribution in [0.25, 0.3) is 0 Å². The molecule has 5 heterocycles. The number of pyridine rings is 1. The Morgan fingerprint density at radius 3 is 2.35 bits per heavy atom. The molecule has 3 aliphatic heterocycles. The summed E-state index contributed by atoms with van der Waals surface area (Å²) in [6.07, 6.45) is 5.34. The third kappa shape index (κ3) is 5.32. The van der Waals surface area contributed by atoms with E-state index in [0.29, 0.717) is 50.7 Å². The van der Waals surface area contributed by atoms with E-state index in [1.807, 2.05) is 4.90 Å². The Labute approximate surface area is 216 Å². The highest BCUT2D eigenvalue weighted by Crippen LogP contribution is 2.29. The van der Waals surface area contributed by atoms with Gasteiger partial charge in [0.1, 0.15) is 16.5 Å². The fraction of sp³-hybridized carbons (Fsp3) is 0.583. The van der Waals surface area contributed by atoms with Crippen molar-refractivity contribution in [2.75, 3.05) is 50.0 Å². The molecule has 0 amide bonds. The predicted octanol–water partition coefficient (Wildman–Crippen LogP) is -0.00700. The Bertz CT molecular complexity index is 1220. The molecule has 0 saturated carbocycles. The number of anilines is 2. The number of aliphatic hydroxyl groups is 1. The van der Waals surface area contributed by atoms with Crippen LogP contribution < -0.4 is 10.6 Å². The van der Waals surface area contributed by atoms with Crippen LogP contribution >= 0.6 is 0 Å². The fourth-order valence-electron chi connectivity index (χ4n) is 5.28. The van der Waals surface area contributed by atoms with Gasteiger partial charge in [0.25, 0.3) is 0 Å². The van der Waals surface area contributed by atoms with Crippen molar-refractivity contribution in [3.8, 4) is 0 Å². The summed E-state index contributed by atoms with van der Waals surface area (Å²) < 4.78 is 34.1. The minimum Gasteiger partial charge on any atom is -0.386 e. The van der Waals surface area contributed by atoms with E-state index in [1.54, 1.807) is 26.2 Å². The van der Waals surface area contributed by atoms with Crippen LogP contribution in [-0.4, -0.2) is 101 Å². The second-order valence-corrected chi connectivity index (χ2v) is 12.4. The lowest BCUT2D eigenvalue weighted by Gasteiger charge is -2.49. The first kappa shape index (κ1) is 25.9. The van der Waals surface area contributed by atoms with Gasteiger partial charge in [-0.2, -0.15) is 4.31 Å². The number of carbonyl (C=O) groups is 1. The highest BCUT2D eigenvalue weighted by atomic mass is 32.2. The number of ether oxygens (including phenoxy) is 1. The topological polar surface area (TPSA) is 155 Å². The van der Waals surface area contributed by atoms with Crippen molar-refractivity contribution in [3.05, 3.63) is 36.3 Å². The molecule has 0 spiro atoms. The predicted molar refractivity (Wildman–Crippen MR) is 135 cm³/mol. The number of nitrogens with two attached hydrogens (primary N) is 1. The van der Waals surface area contributed by atoms with Gasteiger partial charge < -0.3 is 20.5 Å². The molecule has 3 saturated heterocycles. The number of piperazine rings is 1. The minimum absolute atomic E-state index is 0.0337. The first-order valence-electron chi connectivity index (χ1n) is 12.4. The number of hydrogen-bond acceptors (Lipinski definition) is 11. The molecule has 2 aromatic rings. The van der Waals surface area contributed by atoms with Gasteiger partial charge in [-0.25, -0.2) is 23.4 Å². The zero-order chi connectivity index (χ0) is 26.4. The Balaban J connectivity index is 1.43. The molecule has 0 aliphatic carbocycles. The zero-order valence-electron chi connectivity index (χ0n) is 21.0. The lowest BCUT2D eigenvalue weighted by molar-refractivity contribution is -0.136. The molecule has 12 nitrogen and oxygen atoms in total. The molecule has 2 bridgehead atoms. The van der Waals surface area contributed by atoms with Gasteiger partial charge in [0.2, 0.25) is 16.0 Å². The molecule has 0 radical (unpaired) electrons. The van der Waals surface area contributed by atoms with Crippen molar-refractivity contribution >= 4 is 27.6 Å². The Morgan fingerprint density at radius 2 is 1.76 bits per heavy atom. The van der Waals surface area contributed by atoms with Crippen molar-refractivity contribution in [2.45, 2.75) is 55.3 Å². The lowest BCUT2D eigenvalue weighted by Crippen LogP contribution is -2.64. The van der Waals surface area contributed by atoms with Crippen LogP contribution in [0.1, 0.15) is 32.3 Å². The molecule has 0 aromatic carbocycles. The van der Waals surface area contributed by atoms with E-state index in [9.17, 15) is 18.3 Å². The van der Waals surface area contributed by atoms with Crippen LogP contribution in [0, 0.1) is 0 Å². The van der Waals surface area contributed by atoms with Crippen molar-refractivity contribution in [1.82, 2.24) is 24.2 Å². The second kappa shape index (κ2) is 9.87. The number of piperidine rings is 1. The van der Waals surface area contributed by atoms with Gasteiger partial charge in [-0.05, 0) is 26.0 Å². The molecule has 3 aliphatic rings. The van der Waals surface area contributed by atoms with Gasteiger partial charge in [-0.1, -0.05) is 0 Å². The summed E-state index contributed by atoms with van der Waals surface area (Å²) in [6, 6.07) is 2.61.